The number of thiophene rings is 1. The number of hydrogen-bond donors (Lipinski definition) is 1. The monoisotopic (exact) mass is 386 g/mol. The zero-order valence-electron chi connectivity index (χ0n) is 15.2. The first-order valence-electron chi connectivity index (χ1n) is 8.60. The Balaban J connectivity index is 0.00000261. The SMILES string of the molecule is C.CC(C)Cn1c(=O)n(C)c(=O)c2cc(CCc3ccccc3N=N)sc21. The van der Waals surface area contributed by atoms with Crippen LogP contribution in [0.3, 0.4) is 0 Å². The van der Waals surface area contributed by atoms with Gasteiger partial charge in [0.05, 0.1) is 11.1 Å². The summed E-state index contributed by atoms with van der Waals surface area (Å²) in [4.78, 5) is 26.8. The Bertz CT molecular complexity index is 1080. The number of nitrogens with zero attached hydrogens (tertiary/aromatic N) is 3. The summed E-state index contributed by atoms with van der Waals surface area (Å²) in [5.41, 5.74) is 8.44. The fraction of sp³-hybridized carbons (Fsp3) is 0.400. The smallest absolute Gasteiger partial charge is 0.284 e. The lowest BCUT2D eigenvalue weighted by atomic mass is 10.1. The van der Waals surface area contributed by atoms with Crippen molar-refractivity contribution in [1.29, 1.82) is 5.53 Å². The quantitative estimate of drug-likeness (QED) is 0.633. The average Bonchev–Trinajstić information content (AvgIpc) is 3.06. The first-order chi connectivity index (χ1) is 12.4. The molecule has 144 valence electrons. The average molecular weight is 387 g/mol. The molecule has 2 aromatic heterocycles. The van der Waals surface area contributed by atoms with Crippen LogP contribution in [0.2, 0.25) is 0 Å². The van der Waals surface area contributed by atoms with E-state index in [4.69, 9.17) is 5.53 Å². The number of fused-ring (bicyclic) bond motifs is 1. The molecule has 0 fully saturated rings. The third kappa shape index (κ3) is 4.08. The highest BCUT2D eigenvalue weighted by atomic mass is 32.1. The van der Waals surface area contributed by atoms with E-state index in [0.717, 1.165) is 28.1 Å². The molecule has 0 atom stereocenters. The van der Waals surface area contributed by atoms with Crippen molar-refractivity contribution in [3.63, 3.8) is 0 Å². The van der Waals surface area contributed by atoms with Crippen LogP contribution < -0.4 is 11.2 Å². The number of hydrogen-bond acceptors (Lipinski definition) is 5. The van der Waals surface area contributed by atoms with Gasteiger partial charge in [0.25, 0.3) is 5.56 Å². The highest BCUT2D eigenvalue weighted by Gasteiger charge is 2.15. The minimum Gasteiger partial charge on any atom is -0.284 e. The molecule has 7 heteroatoms. The first kappa shape index (κ1) is 20.8. The maximum Gasteiger partial charge on any atom is 0.331 e. The lowest BCUT2D eigenvalue weighted by Gasteiger charge is -2.11. The lowest BCUT2D eigenvalue weighted by molar-refractivity contribution is 0.504. The molecule has 1 N–H and O–H groups in total. The molecule has 0 aliphatic rings. The minimum atomic E-state index is -0.261. The molecule has 0 spiro atoms. The number of aromatic nitrogens is 2. The van der Waals surface area contributed by atoms with Gasteiger partial charge in [0.1, 0.15) is 4.83 Å². The van der Waals surface area contributed by atoms with Crippen LogP contribution in [-0.2, 0) is 26.4 Å². The van der Waals surface area contributed by atoms with Gasteiger partial charge in [-0.3, -0.25) is 13.9 Å². The van der Waals surface area contributed by atoms with Gasteiger partial charge in [0.15, 0.2) is 0 Å². The van der Waals surface area contributed by atoms with Gasteiger partial charge in [-0.2, -0.15) is 5.11 Å². The third-order valence-electron chi connectivity index (χ3n) is 4.36. The molecule has 0 aliphatic carbocycles. The Morgan fingerprint density at radius 1 is 1.19 bits per heavy atom. The summed E-state index contributed by atoms with van der Waals surface area (Å²) in [5, 5.41) is 4.17. The van der Waals surface area contributed by atoms with Crippen molar-refractivity contribution >= 4 is 27.2 Å². The van der Waals surface area contributed by atoms with Crippen LogP contribution in [-0.4, -0.2) is 9.13 Å². The van der Waals surface area contributed by atoms with Crippen LogP contribution in [0.1, 0.15) is 31.7 Å². The molecule has 0 bridgehead atoms. The molecule has 3 rings (SSSR count). The van der Waals surface area contributed by atoms with E-state index in [0.29, 0.717) is 23.5 Å². The van der Waals surface area contributed by atoms with Crippen LogP contribution in [0.15, 0.2) is 45.0 Å². The van der Waals surface area contributed by atoms with Crippen molar-refractivity contribution in [2.24, 2.45) is 18.1 Å². The lowest BCUT2D eigenvalue weighted by Crippen LogP contribution is -2.38. The van der Waals surface area contributed by atoms with E-state index in [1.54, 1.807) is 4.57 Å². The molecule has 6 nitrogen and oxygen atoms in total. The summed E-state index contributed by atoms with van der Waals surface area (Å²) in [6.45, 7) is 4.70. The zero-order valence-corrected chi connectivity index (χ0v) is 16.0. The predicted octanol–water partition coefficient (Wildman–Crippen LogP) is 4.50. The summed E-state index contributed by atoms with van der Waals surface area (Å²) >= 11 is 1.51. The summed E-state index contributed by atoms with van der Waals surface area (Å²) in [7, 11) is 1.53. The maximum absolute atomic E-state index is 12.5. The second kappa shape index (κ2) is 8.43. The molecule has 0 radical (unpaired) electrons. The molecule has 27 heavy (non-hydrogen) atoms. The van der Waals surface area contributed by atoms with E-state index < -0.39 is 0 Å². The highest BCUT2D eigenvalue weighted by molar-refractivity contribution is 7.18. The summed E-state index contributed by atoms with van der Waals surface area (Å²) in [5.74, 6) is 0.310. The molecular formula is C20H26N4O2S. The van der Waals surface area contributed by atoms with Crippen molar-refractivity contribution in [2.75, 3.05) is 0 Å². The molecule has 0 amide bonds. The molecule has 0 saturated carbocycles. The Morgan fingerprint density at radius 3 is 2.56 bits per heavy atom. The topological polar surface area (TPSA) is 80.2 Å². The van der Waals surface area contributed by atoms with Crippen molar-refractivity contribution < 1.29 is 0 Å². The van der Waals surface area contributed by atoms with E-state index in [1.165, 1.54) is 23.0 Å². The van der Waals surface area contributed by atoms with Gasteiger partial charge in [-0.25, -0.2) is 10.3 Å². The standard InChI is InChI=1S/C19H22N4O2S.CH4/c1-12(2)11-23-18-15(17(24)22(3)19(23)25)10-14(26-18)9-8-13-6-4-5-7-16(13)21-20;/h4-7,10,12,20H,8-9,11H2,1-3H3;1H4. The predicted molar refractivity (Wildman–Crippen MR) is 112 cm³/mol. The Kier molecular flexibility index (Phi) is 6.49. The third-order valence-corrected chi connectivity index (χ3v) is 5.58. The Labute approximate surface area is 162 Å². The molecule has 0 unspecified atom stereocenters. The van der Waals surface area contributed by atoms with Gasteiger partial charge >= 0.3 is 5.69 Å². The molecule has 2 heterocycles. The van der Waals surface area contributed by atoms with E-state index >= 15 is 0 Å². The Morgan fingerprint density at radius 2 is 1.89 bits per heavy atom. The van der Waals surface area contributed by atoms with Crippen LogP contribution in [0.5, 0.6) is 0 Å². The van der Waals surface area contributed by atoms with Crippen LogP contribution in [0.25, 0.3) is 10.2 Å². The van der Waals surface area contributed by atoms with Gasteiger partial charge in [-0.15, -0.1) is 11.3 Å². The van der Waals surface area contributed by atoms with Gasteiger partial charge in [0, 0.05) is 18.5 Å². The number of aryl methyl sites for hydroxylation is 2. The molecule has 0 saturated heterocycles. The highest BCUT2D eigenvalue weighted by Crippen LogP contribution is 2.26. The Hall–Kier alpha value is -2.54. The minimum absolute atomic E-state index is 0. The van der Waals surface area contributed by atoms with Gasteiger partial charge in [0.2, 0.25) is 0 Å². The zero-order chi connectivity index (χ0) is 18.8. The summed E-state index contributed by atoms with van der Waals surface area (Å²) in [6, 6.07) is 9.49. The maximum atomic E-state index is 12.5. The van der Waals surface area contributed by atoms with Crippen LogP contribution in [0, 0.1) is 11.4 Å². The number of rotatable bonds is 6. The van der Waals surface area contributed by atoms with Crippen LogP contribution in [0.4, 0.5) is 5.69 Å². The van der Waals surface area contributed by atoms with Crippen molar-refractivity contribution in [2.45, 2.75) is 40.7 Å². The van der Waals surface area contributed by atoms with Crippen molar-refractivity contribution in [3.8, 4) is 0 Å². The van der Waals surface area contributed by atoms with Gasteiger partial charge in [-0.05, 0) is 36.5 Å². The van der Waals surface area contributed by atoms with E-state index in [9.17, 15) is 9.59 Å². The van der Waals surface area contributed by atoms with E-state index in [1.807, 2.05) is 30.3 Å². The summed E-state index contributed by atoms with van der Waals surface area (Å²) < 4.78 is 2.90. The van der Waals surface area contributed by atoms with E-state index in [2.05, 4.69) is 19.0 Å². The molecule has 0 aliphatic heterocycles. The normalized spacial score (nSPS) is 11.0. The summed E-state index contributed by atoms with van der Waals surface area (Å²) in [6.07, 6.45) is 1.48. The van der Waals surface area contributed by atoms with Crippen molar-refractivity contribution in [1.82, 2.24) is 9.13 Å². The van der Waals surface area contributed by atoms with Crippen LogP contribution >= 0.6 is 11.3 Å². The fourth-order valence-corrected chi connectivity index (χ4v) is 4.21. The molecular weight excluding hydrogens is 360 g/mol. The fourth-order valence-electron chi connectivity index (χ4n) is 3.06. The number of nitrogens with one attached hydrogen (secondary N) is 1. The second-order valence-corrected chi connectivity index (χ2v) is 7.94. The van der Waals surface area contributed by atoms with Gasteiger partial charge < -0.3 is 0 Å². The van der Waals surface area contributed by atoms with E-state index in [-0.39, 0.29) is 18.7 Å². The largest absolute Gasteiger partial charge is 0.331 e. The molecule has 3 aromatic rings. The number of benzene rings is 1. The number of para-hydroxylation sites is 1. The second-order valence-electron chi connectivity index (χ2n) is 6.82. The first-order valence-corrected chi connectivity index (χ1v) is 9.41. The molecule has 1 aromatic carbocycles. The van der Waals surface area contributed by atoms with Gasteiger partial charge in [-0.1, -0.05) is 39.5 Å². The van der Waals surface area contributed by atoms with Crippen molar-refractivity contribution in [3.05, 3.63) is 61.6 Å².